The van der Waals surface area contributed by atoms with Crippen molar-refractivity contribution >= 4 is 11.8 Å². The molecule has 0 bridgehead atoms. The number of nitrogens with zero attached hydrogens (tertiary/aromatic N) is 2. The standard InChI is InChI=1S/C15H23N3O2/c1-3-20-15(19)18-10-8-17(9-11-18)14-6-4-13(5-7-14)12(2)16/h4-7,12H,3,8-11,16H2,1-2H3/t12-/m0/s1. The Bertz CT molecular complexity index is 437. The van der Waals surface area contributed by atoms with Gasteiger partial charge in [-0.1, -0.05) is 12.1 Å². The van der Waals surface area contributed by atoms with Crippen LogP contribution in [0.15, 0.2) is 24.3 Å². The average molecular weight is 277 g/mol. The van der Waals surface area contributed by atoms with Gasteiger partial charge in [0.2, 0.25) is 0 Å². The molecule has 1 heterocycles. The number of benzene rings is 1. The third-order valence-corrected chi connectivity index (χ3v) is 3.59. The van der Waals surface area contributed by atoms with Crippen molar-refractivity contribution in [2.45, 2.75) is 19.9 Å². The van der Waals surface area contributed by atoms with Crippen molar-refractivity contribution in [3.8, 4) is 0 Å². The third-order valence-electron chi connectivity index (χ3n) is 3.59. The molecule has 1 fully saturated rings. The lowest BCUT2D eigenvalue weighted by atomic mass is 10.1. The summed E-state index contributed by atoms with van der Waals surface area (Å²) in [6.45, 7) is 7.30. The van der Waals surface area contributed by atoms with E-state index in [4.69, 9.17) is 10.5 Å². The van der Waals surface area contributed by atoms with E-state index < -0.39 is 0 Å². The number of nitrogens with two attached hydrogens (primary N) is 1. The second kappa shape index (κ2) is 6.61. The van der Waals surface area contributed by atoms with Crippen LogP contribution in [0.25, 0.3) is 0 Å². The molecule has 0 aliphatic carbocycles. The first-order chi connectivity index (χ1) is 9.61. The van der Waals surface area contributed by atoms with Gasteiger partial charge in [0.25, 0.3) is 0 Å². The Morgan fingerprint density at radius 1 is 1.25 bits per heavy atom. The molecule has 5 heteroatoms. The predicted octanol–water partition coefficient (Wildman–Crippen LogP) is 1.98. The maximum absolute atomic E-state index is 11.6. The summed E-state index contributed by atoms with van der Waals surface area (Å²) in [5.74, 6) is 0. The van der Waals surface area contributed by atoms with E-state index in [0.29, 0.717) is 19.7 Å². The Morgan fingerprint density at radius 2 is 1.85 bits per heavy atom. The highest BCUT2D eigenvalue weighted by atomic mass is 16.6. The predicted molar refractivity (Wildman–Crippen MR) is 79.9 cm³/mol. The van der Waals surface area contributed by atoms with Gasteiger partial charge in [-0.3, -0.25) is 0 Å². The van der Waals surface area contributed by atoms with E-state index in [-0.39, 0.29) is 12.1 Å². The summed E-state index contributed by atoms with van der Waals surface area (Å²) in [7, 11) is 0. The van der Waals surface area contributed by atoms with Crippen LogP contribution in [-0.4, -0.2) is 43.8 Å². The Morgan fingerprint density at radius 3 is 2.35 bits per heavy atom. The minimum atomic E-state index is -0.209. The average Bonchev–Trinajstić information content (AvgIpc) is 2.48. The van der Waals surface area contributed by atoms with Crippen LogP contribution in [0.2, 0.25) is 0 Å². The maximum atomic E-state index is 11.6. The van der Waals surface area contributed by atoms with Gasteiger partial charge in [0, 0.05) is 37.9 Å². The van der Waals surface area contributed by atoms with Crippen LogP contribution in [0.4, 0.5) is 10.5 Å². The van der Waals surface area contributed by atoms with Gasteiger partial charge in [-0.25, -0.2) is 4.79 Å². The third kappa shape index (κ3) is 3.42. The van der Waals surface area contributed by atoms with Crippen molar-refractivity contribution in [1.29, 1.82) is 0 Å². The molecule has 2 N–H and O–H groups in total. The first-order valence-corrected chi connectivity index (χ1v) is 7.14. The molecular weight excluding hydrogens is 254 g/mol. The molecule has 1 aliphatic rings. The quantitative estimate of drug-likeness (QED) is 0.918. The second-order valence-corrected chi connectivity index (χ2v) is 5.05. The molecule has 0 spiro atoms. The minimum absolute atomic E-state index is 0.0599. The fraction of sp³-hybridized carbons (Fsp3) is 0.533. The van der Waals surface area contributed by atoms with Gasteiger partial charge in [-0.2, -0.15) is 0 Å². The van der Waals surface area contributed by atoms with E-state index in [1.165, 1.54) is 5.69 Å². The van der Waals surface area contributed by atoms with Crippen LogP contribution in [0, 0.1) is 0 Å². The zero-order chi connectivity index (χ0) is 14.5. The molecule has 5 nitrogen and oxygen atoms in total. The van der Waals surface area contributed by atoms with E-state index in [1.54, 1.807) is 4.90 Å². The molecule has 1 aromatic rings. The Balaban J connectivity index is 1.91. The van der Waals surface area contributed by atoms with E-state index in [0.717, 1.165) is 18.7 Å². The number of hydrogen-bond acceptors (Lipinski definition) is 4. The van der Waals surface area contributed by atoms with Gasteiger partial charge in [0.15, 0.2) is 0 Å². The Labute approximate surface area is 120 Å². The number of amides is 1. The largest absolute Gasteiger partial charge is 0.450 e. The van der Waals surface area contributed by atoms with Crippen molar-refractivity contribution < 1.29 is 9.53 Å². The van der Waals surface area contributed by atoms with Crippen molar-refractivity contribution in [1.82, 2.24) is 4.90 Å². The highest BCUT2D eigenvalue weighted by Crippen LogP contribution is 2.19. The number of piperazine rings is 1. The molecular formula is C15H23N3O2. The molecule has 110 valence electrons. The summed E-state index contributed by atoms with van der Waals surface area (Å²) in [5.41, 5.74) is 8.17. The van der Waals surface area contributed by atoms with Crippen LogP contribution in [-0.2, 0) is 4.74 Å². The molecule has 2 rings (SSSR count). The van der Waals surface area contributed by atoms with Crippen molar-refractivity contribution in [3.63, 3.8) is 0 Å². The summed E-state index contributed by atoms with van der Waals surface area (Å²) in [5, 5.41) is 0. The first kappa shape index (κ1) is 14.7. The molecule has 20 heavy (non-hydrogen) atoms. The van der Waals surface area contributed by atoms with E-state index >= 15 is 0 Å². The molecule has 1 amide bonds. The zero-order valence-electron chi connectivity index (χ0n) is 12.2. The summed E-state index contributed by atoms with van der Waals surface area (Å²) >= 11 is 0. The Kier molecular flexibility index (Phi) is 4.84. The highest BCUT2D eigenvalue weighted by molar-refractivity contribution is 5.68. The van der Waals surface area contributed by atoms with E-state index in [9.17, 15) is 4.79 Å². The summed E-state index contributed by atoms with van der Waals surface area (Å²) in [4.78, 5) is 15.7. The van der Waals surface area contributed by atoms with Crippen LogP contribution < -0.4 is 10.6 Å². The molecule has 1 aromatic carbocycles. The van der Waals surface area contributed by atoms with Gasteiger partial charge in [0.1, 0.15) is 0 Å². The number of carbonyl (C=O) groups excluding carboxylic acids is 1. The van der Waals surface area contributed by atoms with Crippen molar-refractivity contribution in [3.05, 3.63) is 29.8 Å². The number of anilines is 1. The summed E-state index contributed by atoms with van der Waals surface area (Å²) in [6, 6.07) is 8.39. The Hall–Kier alpha value is -1.75. The second-order valence-electron chi connectivity index (χ2n) is 5.05. The molecule has 0 aromatic heterocycles. The lowest BCUT2D eigenvalue weighted by Gasteiger charge is -2.35. The monoisotopic (exact) mass is 277 g/mol. The van der Waals surface area contributed by atoms with Crippen LogP contribution in [0.1, 0.15) is 25.5 Å². The fourth-order valence-corrected chi connectivity index (χ4v) is 2.35. The molecule has 0 saturated carbocycles. The van der Waals surface area contributed by atoms with Gasteiger partial charge in [0.05, 0.1) is 6.61 Å². The zero-order valence-corrected chi connectivity index (χ0v) is 12.2. The van der Waals surface area contributed by atoms with Gasteiger partial charge in [-0.15, -0.1) is 0 Å². The smallest absolute Gasteiger partial charge is 0.409 e. The van der Waals surface area contributed by atoms with Crippen LogP contribution in [0.5, 0.6) is 0 Å². The van der Waals surface area contributed by atoms with Crippen LogP contribution >= 0.6 is 0 Å². The van der Waals surface area contributed by atoms with Crippen LogP contribution in [0.3, 0.4) is 0 Å². The maximum Gasteiger partial charge on any atom is 0.409 e. The van der Waals surface area contributed by atoms with Gasteiger partial charge in [-0.05, 0) is 31.5 Å². The van der Waals surface area contributed by atoms with E-state index in [2.05, 4.69) is 29.2 Å². The summed E-state index contributed by atoms with van der Waals surface area (Å²) < 4.78 is 5.02. The normalized spacial score (nSPS) is 16.9. The molecule has 0 radical (unpaired) electrons. The number of hydrogen-bond donors (Lipinski definition) is 1. The fourth-order valence-electron chi connectivity index (χ4n) is 2.35. The molecule has 1 atom stereocenters. The molecule has 1 aliphatic heterocycles. The minimum Gasteiger partial charge on any atom is -0.450 e. The van der Waals surface area contributed by atoms with E-state index in [1.807, 2.05) is 13.8 Å². The van der Waals surface area contributed by atoms with Gasteiger partial charge >= 0.3 is 6.09 Å². The highest BCUT2D eigenvalue weighted by Gasteiger charge is 2.21. The first-order valence-electron chi connectivity index (χ1n) is 7.14. The molecule has 0 unspecified atom stereocenters. The number of ether oxygens (including phenoxy) is 1. The summed E-state index contributed by atoms with van der Waals surface area (Å²) in [6.07, 6.45) is -0.209. The SMILES string of the molecule is CCOC(=O)N1CCN(c2ccc([C@H](C)N)cc2)CC1. The lowest BCUT2D eigenvalue weighted by molar-refractivity contribution is 0.105. The van der Waals surface area contributed by atoms with Crippen molar-refractivity contribution in [2.75, 3.05) is 37.7 Å². The topological polar surface area (TPSA) is 58.8 Å². The lowest BCUT2D eigenvalue weighted by Crippen LogP contribution is -2.49. The number of carbonyl (C=O) groups is 1. The van der Waals surface area contributed by atoms with Crippen molar-refractivity contribution in [2.24, 2.45) is 5.73 Å². The molecule has 1 saturated heterocycles. The van der Waals surface area contributed by atoms with Gasteiger partial charge < -0.3 is 20.3 Å². The number of rotatable bonds is 3.